The predicted octanol–water partition coefficient (Wildman–Crippen LogP) is 7.12. The number of hydrogen-bond acceptors (Lipinski definition) is 4. The lowest BCUT2D eigenvalue weighted by Crippen LogP contribution is -2.17. The fourth-order valence-electron chi connectivity index (χ4n) is 3.24. The van der Waals surface area contributed by atoms with E-state index in [9.17, 15) is 4.79 Å². The number of rotatable bonds is 10. The van der Waals surface area contributed by atoms with E-state index in [-0.39, 0.29) is 5.91 Å². The first-order chi connectivity index (χ1) is 17.2. The standard InChI is InChI=1S/C29H25ClN2O2S/c30-27-14-8-23(9-15-27)19-34-28-16-10-22(11-17-28)18-31-32-29(33)26-12-6-25(7-13-26)21-35-20-24-4-2-1-3-5-24/h1-18H,19-21H2,(H,32,33)/b31-18-. The number of thioether (sulfide) groups is 1. The molecule has 0 bridgehead atoms. The average Bonchev–Trinajstić information content (AvgIpc) is 2.90. The van der Waals surface area contributed by atoms with E-state index in [0.29, 0.717) is 17.2 Å². The number of carbonyl (C=O) groups excluding carboxylic acids is 1. The molecule has 0 aliphatic rings. The van der Waals surface area contributed by atoms with Crippen LogP contribution in [-0.4, -0.2) is 12.1 Å². The molecular weight excluding hydrogens is 476 g/mol. The first-order valence-electron chi connectivity index (χ1n) is 11.2. The van der Waals surface area contributed by atoms with Gasteiger partial charge in [-0.05, 0) is 70.8 Å². The molecule has 0 saturated carbocycles. The molecule has 6 heteroatoms. The van der Waals surface area contributed by atoms with Crippen molar-refractivity contribution >= 4 is 35.5 Å². The van der Waals surface area contributed by atoms with Gasteiger partial charge in [-0.1, -0.05) is 66.2 Å². The number of amides is 1. The average molecular weight is 501 g/mol. The number of nitrogens with zero attached hydrogens (tertiary/aromatic N) is 1. The van der Waals surface area contributed by atoms with Crippen LogP contribution < -0.4 is 10.2 Å². The molecule has 0 aliphatic carbocycles. The molecule has 4 rings (SSSR count). The molecule has 4 aromatic carbocycles. The Morgan fingerprint density at radius 2 is 1.43 bits per heavy atom. The van der Waals surface area contributed by atoms with Crippen molar-refractivity contribution in [2.75, 3.05) is 0 Å². The number of halogens is 1. The van der Waals surface area contributed by atoms with E-state index in [2.05, 4.69) is 34.8 Å². The summed E-state index contributed by atoms with van der Waals surface area (Å²) in [5.41, 5.74) is 7.55. The number of ether oxygens (including phenoxy) is 1. The van der Waals surface area contributed by atoms with Gasteiger partial charge in [0.15, 0.2) is 0 Å². The Balaban J connectivity index is 1.20. The van der Waals surface area contributed by atoms with Crippen molar-refractivity contribution in [1.82, 2.24) is 5.43 Å². The fourth-order valence-corrected chi connectivity index (χ4v) is 4.33. The monoisotopic (exact) mass is 500 g/mol. The summed E-state index contributed by atoms with van der Waals surface area (Å²) in [6.07, 6.45) is 1.61. The molecule has 0 spiro atoms. The van der Waals surface area contributed by atoms with Gasteiger partial charge in [-0.15, -0.1) is 0 Å². The Hall–Kier alpha value is -3.54. The summed E-state index contributed by atoms with van der Waals surface area (Å²) in [6.45, 7) is 0.463. The summed E-state index contributed by atoms with van der Waals surface area (Å²) >= 11 is 7.75. The van der Waals surface area contributed by atoms with Crippen LogP contribution >= 0.6 is 23.4 Å². The zero-order valence-corrected chi connectivity index (χ0v) is 20.6. The van der Waals surface area contributed by atoms with Crippen LogP contribution in [0, 0.1) is 0 Å². The molecule has 0 aromatic heterocycles. The van der Waals surface area contributed by atoms with Crippen LogP contribution in [0.5, 0.6) is 5.75 Å². The molecule has 35 heavy (non-hydrogen) atoms. The first-order valence-corrected chi connectivity index (χ1v) is 12.7. The third-order valence-electron chi connectivity index (χ3n) is 5.17. The van der Waals surface area contributed by atoms with Crippen molar-refractivity contribution in [1.29, 1.82) is 0 Å². The number of hydrazone groups is 1. The molecule has 0 atom stereocenters. The highest BCUT2D eigenvalue weighted by Crippen LogP contribution is 2.18. The first kappa shape index (κ1) is 24.6. The molecule has 0 fully saturated rings. The zero-order chi connectivity index (χ0) is 24.3. The second-order valence-corrected chi connectivity index (χ2v) is 9.28. The minimum Gasteiger partial charge on any atom is -0.489 e. The van der Waals surface area contributed by atoms with Gasteiger partial charge in [0.25, 0.3) is 5.91 Å². The minimum atomic E-state index is -0.243. The van der Waals surface area contributed by atoms with Gasteiger partial charge in [-0.3, -0.25) is 4.79 Å². The third-order valence-corrected chi connectivity index (χ3v) is 6.50. The van der Waals surface area contributed by atoms with Crippen LogP contribution in [0.3, 0.4) is 0 Å². The van der Waals surface area contributed by atoms with Gasteiger partial charge in [0, 0.05) is 22.1 Å². The summed E-state index contributed by atoms with van der Waals surface area (Å²) in [4.78, 5) is 12.4. The maximum absolute atomic E-state index is 12.4. The normalized spacial score (nSPS) is 10.9. The van der Waals surface area contributed by atoms with Gasteiger partial charge in [0.2, 0.25) is 0 Å². The summed E-state index contributed by atoms with van der Waals surface area (Å²) in [5.74, 6) is 2.37. The highest BCUT2D eigenvalue weighted by atomic mass is 35.5. The Morgan fingerprint density at radius 1 is 0.800 bits per heavy atom. The maximum atomic E-state index is 12.4. The van der Waals surface area contributed by atoms with E-state index in [1.54, 1.807) is 6.21 Å². The van der Waals surface area contributed by atoms with E-state index < -0.39 is 0 Å². The highest BCUT2D eigenvalue weighted by Gasteiger charge is 2.04. The molecule has 0 unspecified atom stereocenters. The van der Waals surface area contributed by atoms with E-state index in [1.807, 2.05) is 90.6 Å². The minimum absolute atomic E-state index is 0.243. The summed E-state index contributed by atoms with van der Waals surface area (Å²) < 4.78 is 5.79. The van der Waals surface area contributed by atoms with Crippen molar-refractivity contribution in [2.24, 2.45) is 5.10 Å². The molecule has 1 N–H and O–H groups in total. The Morgan fingerprint density at radius 3 is 2.11 bits per heavy atom. The van der Waals surface area contributed by atoms with Crippen molar-refractivity contribution in [3.63, 3.8) is 0 Å². The smallest absolute Gasteiger partial charge is 0.271 e. The van der Waals surface area contributed by atoms with E-state index in [0.717, 1.165) is 28.4 Å². The molecule has 0 heterocycles. The number of hydrogen-bond donors (Lipinski definition) is 1. The Bertz CT molecular complexity index is 1240. The quantitative estimate of drug-likeness (QED) is 0.186. The van der Waals surface area contributed by atoms with E-state index >= 15 is 0 Å². The number of nitrogens with one attached hydrogen (secondary N) is 1. The molecule has 0 saturated heterocycles. The van der Waals surface area contributed by atoms with Crippen molar-refractivity contribution in [3.05, 3.63) is 136 Å². The second-order valence-electron chi connectivity index (χ2n) is 7.86. The largest absolute Gasteiger partial charge is 0.489 e. The van der Waals surface area contributed by atoms with Crippen LogP contribution in [0.1, 0.15) is 32.6 Å². The lowest BCUT2D eigenvalue weighted by atomic mass is 10.1. The van der Waals surface area contributed by atoms with Crippen LogP contribution in [0.2, 0.25) is 5.02 Å². The van der Waals surface area contributed by atoms with Gasteiger partial charge >= 0.3 is 0 Å². The SMILES string of the molecule is O=C(N/N=C\c1ccc(OCc2ccc(Cl)cc2)cc1)c1ccc(CSCc2ccccc2)cc1. The Labute approximate surface area is 215 Å². The number of carbonyl (C=O) groups is 1. The lowest BCUT2D eigenvalue weighted by molar-refractivity contribution is 0.0955. The molecule has 4 nitrogen and oxygen atoms in total. The fraction of sp³-hybridized carbons (Fsp3) is 0.103. The van der Waals surface area contributed by atoms with Crippen molar-refractivity contribution < 1.29 is 9.53 Å². The van der Waals surface area contributed by atoms with E-state index in [4.69, 9.17) is 16.3 Å². The molecular formula is C29H25ClN2O2S. The molecule has 4 aromatic rings. The second kappa shape index (κ2) is 12.8. The summed E-state index contributed by atoms with van der Waals surface area (Å²) in [7, 11) is 0. The molecule has 176 valence electrons. The van der Waals surface area contributed by atoms with Gasteiger partial charge in [-0.25, -0.2) is 5.43 Å². The van der Waals surface area contributed by atoms with E-state index in [1.165, 1.54) is 11.1 Å². The van der Waals surface area contributed by atoms with Crippen molar-refractivity contribution in [2.45, 2.75) is 18.1 Å². The number of benzene rings is 4. The van der Waals surface area contributed by atoms with Crippen LogP contribution in [0.4, 0.5) is 0 Å². The predicted molar refractivity (Wildman–Crippen MR) is 145 cm³/mol. The van der Waals surface area contributed by atoms with Crippen LogP contribution in [0.25, 0.3) is 0 Å². The molecule has 1 amide bonds. The topological polar surface area (TPSA) is 50.7 Å². The molecule has 0 aliphatic heterocycles. The van der Waals surface area contributed by atoms with Crippen molar-refractivity contribution in [3.8, 4) is 5.75 Å². The van der Waals surface area contributed by atoms with Gasteiger partial charge < -0.3 is 4.74 Å². The lowest BCUT2D eigenvalue weighted by Gasteiger charge is -2.06. The zero-order valence-electron chi connectivity index (χ0n) is 19.1. The molecule has 0 radical (unpaired) electrons. The van der Waals surface area contributed by atoms with Gasteiger partial charge in [0.05, 0.1) is 6.21 Å². The third kappa shape index (κ3) is 8.02. The summed E-state index contributed by atoms with van der Waals surface area (Å²) in [6, 6.07) is 33.1. The van der Waals surface area contributed by atoms with Crippen LogP contribution in [-0.2, 0) is 18.1 Å². The highest BCUT2D eigenvalue weighted by molar-refractivity contribution is 7.97. The van der Waals surface area contributed by atoms with Gasteiger partial charge in [0.1, 0.15) is 12.4 Å². The van der Waals surface area contributed by atoms with Gasteiger partial charge in [-0.2, -0.15) is 16.9 Å². The maximum Gasteiger partial charge on any atom is 0.271 e. The Kier molecular flexibility index (Phi) is 8.98. The van der Waals surface area contributed by atoms with Crippen LogP contribution in [0.15, 0.2) is 108 Å². The summed E-state index contributed by atoms with van der Waals surface area (Å²) in [5, 5.41) is 4.78.